The Morgan fingerprint density at radius 1 is 1.50 bits per heavy atom. The summed E-state index contributed by atoms with van der Waals surface area (Å²) in [5.74, 6) is 0. The van der Waals surface area contributed by atoms with E-state index < -0.39 is 0 Å². The number of nitriles is 1. The summed E-state index contributed by atoms with van der Waals surface area (Å²) in [6.45, 7) is 0.0994. The molecule has 1 aliphatic carbocycles. The summed E-state index contributed by atoms with van der Waals surface area (Å²) in [4.78, 5) is 0. The van der Waals surface area contributed by atoms with Crippen molar-refractivity contribution in [3.63, 3.8) is 0 Å². The van der Waals surface area contributed by atoms with Gasteiger partial charge in [-0.2, -0.15) is 5.26 Å². The number of nitrogens with zero attached hydrogens (tertiary/aromatic N) is 1. The van der Waals surface area contributed by atoms with E-state index in [1.54, 1.807) is 18.2 Å². The van der Waals surface area contributed by atoms with Gasteiger partial charge in [0.15, 0.2) is 0 Å². The molecule has 84 valence electrons. The number of rotatable bonds is 3. The van der Waals surface area contributed by atoms with E-state index in [4.69, 9.17) is 11.0 Å². The number of hydrogen-bond acceptors (Lipinski definition) is 4. The Morgan fingerprint density at radius 3 is 2.75 bits per heavy atom. The molecular weight excluding hydrogens is 202 g/mol. The maximum atomic E-state index is 9.35. The van der Waals surface area contributed by atoms with Gasteiger partial charge in [0.05, 0.1) is 23.4 Å². The summed E-state index contributed by atoms with van der Waals surface area (Å²) >= 11 is 0. The first-order chi connectivity index (χ1) is 7.69. The SMILES string of the molecule is N#Cc1cc(N)ccc1NC1(CO)CCC1. The Kier molecular flexibility index (Phi) is 2.71. The highest BCUT2D eigenvalue weighted by molar-refractivity contribution is 5.64. The first-order valence-electron chi connectivity index (χ1n) is 5.38. The summed E-state index contributed by atoms with van der Waals surface area (Å²) in [5, 5.41) is 21.6. The lowest BCUT2D eigenvalue weighted by atomic mass is 9.77. The van der Waals surface area contributed by atoms with Crippen LogP contribution in [0.2, 0.25) is 0 Å². The zero-order chi connectivity index (χ0) is 11.6. The van der Waals surface area contributed by atoms with Crippen molar-refractivity contribution in [2.24, 2.45) is 0 Å². The predicted molar refractivity (Wildman–Crippen MR) is 62.9 cm³/mol. The number of anilines is 2. The van der Waals surface area contributed by atoms with E-state index >= 15 is 0 Å². The van der Waals surface area contributed by atoms with Gasteiger partial charge < -0.3 is 16.2 Å². The van der Waals surface area contributed by atoms with Crippen molar-refractivity contribution in [3.05, 3.63) is 23.8 Å². The lowest BCUT2D eigenvalue weighted by molar-refractivity contribution is 0.144. The third-order valence-electron chi connectivity index (χ3n) is 3.18. The highest BCUT2D eigenvalue weighted by atomic mass is 16.3. The molecular formula is C12H15N3O. The number of nitrogen functional groups attached to an aromatic ring is 1. The highest BCUT2D eigenvalue weighted by Crippen LogP contribution is 2.35. The summed E-state index contributed by atoms with van der Waals surface area (Å²) in [6.07, 6.45) is 3.00. The maximum Gasteiger partial charge on any atom is 0.101 e. The van der Waals surface area contributed by atoms with Crippen molar-refractivity contribution in [3.8, 4) is 6.07 Å². The second-order valence-corrected chi connectivity index (χ2v) is 4.33. The molecule has 1 fully saturated rings. The van der Waals surface area contributed by atoms with Crippen molar-refractivity contribution >= 4 is 11.4 Å². The van der Waals surface area contributed by atoms with Crippen LogP contribution in [0.3, 0.4) is 0 Å². The molecule has 16 heavy (non-hydrogen) atoms. The quantitative estimate of drug-likeness (QED) is 0.669. The largest absolute Gasteiger partial charge is 0.399 e. The predicted octanol–water partition coefficient (Wildman–Crippen LogP) is 1.47. The molecule has 1 aromatic carbocycles. The maximum absolute atomic E-state index is 9.35. The molecule has 1 aliphatic rings. The van der Waals surface area contributed by atoms with Crippen LogP contribution in [0.15, 0.2) is 18.2 Å². The van der Waals surface area contributed by atoms with Gasteiger partial charge in [-0.25, -0.2) is 0 Å². The molecule has 2 rings (SSSR count). The van der Waals surface area contributed by atoms with E-state index in [-0.39, 0.29) is 12.1 Å². The molecule has 0 amide bonds. The molecule has 0 aliphatic heterocycles. The molecule has 1 saturated carbocycles. The van der Waals surface area contributed by atoms with Crippen LogP contribution >= 0.6 is 0 Å². The summed E-state index contributed by atoms with van der Waals surface area (Å²) in [5.41, 5.74) is 7.24. The van der Waals surface area contributed by atoms with Gasteiger partial charge in [0.2, 0.25) is 0 Å². The Morgan fingerprint density at radius 2 is 2.25 bits per heavy atom. The molecule has 4 N–H and O–H groups in total. The fraction of sp³-hybridized carbons (Fsp3) is 0.417. The zero-order valence-electron chi connectivity index (χ0n) is 9.03. The van der Waals surface area contributed by atoms with Gasteiger partial charge in [0.1, 0.15) is 6.07 Å². The topological polar surface area (TPSA) is 82.1 Å². The van der Waals surface area contributed by atoms with E-state index in [0.717, 1.165) is 24.9 Å². The minimum atomic E-state index is -0.234. The summed E-state index contributed by atoms with van der Waals surface area (Å²) < 4.78 is 0. The van der Waals surface area contributed by atoms with Crippen molar-refractivity contribution < 1.29 is 5.11 Å². The molecule has 0 atom stereocenters. The van der Waals surface area contributed by atoms with Crippen LogP contribution < -0.4 is 11.1 Å². The van der Waals surface area contributed by atoms with Crippen LogP contribution in [-0.2, 0) is 0 Å². The smallest absolute Gasteiger partial charge is 0.101 e. The van der Waals surface area contributed by atoms with Gasteiger partial charge in [-0.05, 0) is 37.5 Å². The van der Waals surface area contributed by atoms with E-state index in [1.807, 2.05) is 0 Å². The molecule has 0 aromatic heterocycles. The van der Waals surface area contributed by atoms with Gasteiger partial charge in [-0.1, -0.05) is 0 Å². The normalized spacial score (nSPS) is 17.2. The second kappa shape index (κ2) is 4.03. The van der Waals surface area contributed by atoms with Gasteiger partial charge in [0.25, 0.3) is 0 Å². The van der Waals surface area contributed by atoms with Crippen molar-refractivity contribution in [2.75, 3.05) is 17.7 Å². The van der Waals surface area contributed by atoms with Gasteiger partial charge in [0, 0.05) is 5.69 Å². The molecule has 4 heteroatoms. The van der Waals surface area contributed by atoms with E-state index in [0.29, 0.717) is 11.3 Å². The Labute approximate surface area is 94.7 Å². The number of aliphatic hydroxyl groups is 1. The molecule has 0 radical (unpaired) electrons. The van der Waals surface area contributed by atoms with E-state index in [2.05, 4.69) is 11.4 Å². The molecule has 1 aromatic rings. The Hall–Kier alpha value is -1.73. The molecule has 4 nitrogen and oxygen atoms in total. The highest BCUT2D eigenvalue weighted by Gasteiger charge is 2.36. The summed E-state index contributed by atoms with van der Waals surface area (Å²) in [6, 6.07) is 7.30. The van der Waals surface area contributed by atoms with Crippen molar-refractivity contribution in [1.29, 1.82) is 5.26 Å². The van der Waals surface area contributed by atoms with Gasteiger partial charge >= 0.3 is 0 Å². The Bertz CT molecular complexity index is 427. The number of hydrogen-bond donors (Lipinski definition) is 3. The van der Waals surface area contributed by atoms with Crippen LogP contribution in [0.5, 0.6) is 0 Å². The average Bonchev–Trinajstić information content (AvgIpc) is 2.25. The first-order valence-corrected chi connectivity index (χ1v) is 5.38. The molecule has 0 spiro atoms. The molecule has 0 bridgehead atoms. The van der Waals surface area contributed by atoms with Gasteiger partial charge in [-0.15, -0.1) is 0 Å². The van der Waals surface area contributed by atoms with Crippen LogP contribution in [0.4, 0.5) is 11.4 Å². The Balaban J connectivity index is 2.24. The van der Waals surface area contributed by atoms with Gasteiger partial charge in [-0.3, -0.25) is 0 Å². The first kappa shape index (κ1) is 10.8. The number of nitrogens with one attached hydrogen (secondary N) is 1. The van der Waals surface area contributed by atoms with Crippen LogP contribution in [0.25, 0.3) is 0 Å². The van der Waals surface area contributed by atoms with Crippen molar-refractivity contribution in [1.82, 2.24) is 0 Å². The molecule has 0 heterocycles. The number of aliphatic hydroxyl groups excluding tert-OH is 1. The summed E-state index contributed by atoms with van der Waals surface area (Å²) in [7, 11) is 0. The fourth-order valence-corrected chi connectivity index (χ4v) is 1.98. The van der Waals surface area contributed by atoms with Crippen LogP contribution in [0.1, 0.15) is 24.8 Å². The van der Waals surface area contributed by atoms with Crippen molar-refractivity contribution in [2.45, 2.75) is 24.8 Å². The monoisotopic (exact) mass is 217 g/mol. The van der Waals surface area contributed by atoms with E-state index in [1.165, 1.54) is 0 Å². The third kappa shape index (κ3) is 1.82. The second-order valence-electron chi connectivity index (χ2n) is 4.33. The molecule has 0 saturated heterocycles. The molecule has 0 unspecified atom stereocenters. The minimum Gasteiger partial charge on any atom is -0.399 e. The van der Waals surface area contributed by atoms with E-state index in [9.17, 15) is 5.11 Å². The fourth-order valence-electron chi connectivity index (χ4n) is 1.98. The lowest BCUT2D eigenvalue weighted by Crippen LogP contribution is -2.48. The lowest BCUT2D eigenvalue weighted by Gasteiger charge is -2.42. The van der Waals surface area contributed by atoms with Crippen LogP contribution in [-0.4, -0.2) is 17.3 Å². The number of benzene rings is 1. The zero-order valence-corrected chi connectivity index (χ0v) is 9.03. The third-order valence-corrected chi connectivity index (χ3v) is 3.18. The minimum absolute atomic E-state index is 0.0994. The van der Waals surface area contributed by atoms with Crippen LogP contribution in [0, 0.1) is 11.3 Å². The standard InChI is InChI=1S/C12H15N3O/c13-7-9-6-10(14)2-3-11(9)15-12(8-16)4-1-5-12/h2-3,6,15-16H,1,4-5,8,14H2. The number of nitrogens with two attached hydrogens (primary N) is 1. The average molecular weight is 217 g/mol.